The molecule has 0 spiro atoms. The number of nitrogens with zero attached hydrogens (tertiary/aromatic N) is 2. The molecule has 0 saturated heterocycles. The van der Waals surface area contributed by atoms with Gasteiger partial charge in [0.1, 0.15) is 0 Å². The second-order valence-electron chi connectivity index (χ2n) is 16.0. The second-order valence-corrected chi connectivity index (χ2v) is 16.0. The first-order valence-electron chi connectivity index (χ1n) is 20.9. The van der Waals surface area contributed by atoms with E-state index in [1.807, 2.05) is 13.0 Å². The van der Waals surface area contributed by atoms with Crippen molar-refractivity contribution in [2.45, 2.75) is 6.92 Å². The number of rotatable bonds is 5. The minimum atomic E-state index is 0.807. The van der Waals surface area contributed by atoms with Crippen LogP contribution in [0.3, 0.4) is 0 Å². The molecule has 0 amide bonds. The summed E-state index contributed by atoms with van der Waals surface area (Å²) in [7, 11) is 0. The molecular weight excluding hydrogens is 737 g/mol. The van der Waals surface area contributed by atoms with Crippen molar-refractivity contribution >= 4 is 105 Å². The van der Waals surface area contributed by atoms with Gasteiger partial charge >= 0.3 is 0 Å². The number of hydrogen-bond donors (Lipinski definition) is 0. The van der Waals surface area contributed by atoms with Crippen LogP contribution in [0.1, 0.15) is 12.5 Å². The van der Waals surface area contributed by atoms with Gasteiger partial charge in [-0.3, -0.25) is 4.99 Å². The van der Waals surface area contributed by atoms with E-state index < -0.39 is 0 Å². The fourth-order valence-electron chi connectivity index (χ4n) is 10.1. The van der Waals surface area contributed by atoms with Gasteiger partial charge in [-0.15, -0.1) is 0 Å². The zero-order valence-corrected chi connectivity index (χ0v) is 33.7. The van der Waals surface area contributed by atoms with Gasteiger partial charge in [0, 0.05) is 16.5 Å². The first kappa shape index (κ1) is 35.0. The maximum atomic E-state index is 5.13. The molecule has 0 radical (unpaired) electrons. The van der Waals surface area contributed by atoms with Crippen molar-refractivity contribution in [2.24, 2.45) is 4.99 Å². The van der Waals surface area contributed by atoms with Crippen LogP contribution in [0.5, 0.6) is 0 Å². The normalized spacial score (nSPS) is 12.0. The van der Waals surface area contributed by atoms with Gasteiger partial charge in [-0.05, 0) is 123 Å². The minimum Gasteiger partial charge on any atom is -0.262 e. The first-order valence-corrected chi connectivity index (χ1v) is 20.9. The number of aromatic nitrogens is 1. The minimum absolute atomic E-state index is 0.807. The molecule has 0 bridgehead atoms. The molecule has 0 unspecified atom stereocenters. The Balaban J connectivity index is 1.08. The topological polar surface area (TPSA) is 25.2 Å². The molecule has 0 aliphatic heterocycles. The average Bonchev–Trinajstić information content (AvgIpc) is 3.32. The number of fused-ring (bicyclic) bond motifs is 8. The van der Waals surface area contributed by atoms with Crippen LogP contribution in [0.15, 0.2) is 199 Å². The molecule has 11 aromatic carbocycles. The predicted octanol–water partition coefficient (Wildman–Crippen LogP) is 16.7. The molecule has 0 saturated carbocycles. The Labute approximate surface area is 353 Å². The smallest absolute Gasteiger partial charge is 0.0971 e. The Morgan fingerprint density at radius 3 is 1.48 bits per heavy atom. The summed E-state index contributed by atoms with van der Waals surface area (Å²) in [6, 6.07) is 69.3. The van der Waals surface area contributed by atoms with Crippen molar-refractivity contribution in [3.63, 3.8) is 0 Å². The van der Waals surface area contributed by atoms with Crippen LogP contribution in [0.4, 0.5) is 5.69 Å². The molecule has 0 aliphatic carbocycles. The van der Waals surface area contributed by atoms with Crippen molar-refractivity contribution in [1.29, 1.82) is 0 Å². The lowest BCUT2D eigenvalue weighted by Crippen LogP contribution is -1.92. The summed E-state index contributed by atoms with van der Waals surface area (Å²) >= 11 is 0. The van der Waals surface area contributed by atoms with Gasteiger partial charge in [-0.1, -0.05) is 188 Å². The van der Waals surface area contributed by atoms with Crippen molar-refractivity contribution < 1.29 is 0 Å². The van der Waals surface area contributed by atoms with Crippen LogP contribution in [-0.2, 0) is 0 Å². The van der Waals surface area contributed by atoms with Crippen molar-refractivity contribution in [2.75, 3.05) is 0 Å². The van der Waals surface area contributed by atoms with Crippen molar-refractivity contribution in [3.8, 4) is 33.5 Å². The average molecular weight is 775 g/mol. The van der Waals surface area contributed by atoms with E-state index in [0.717, 1.165) is 33.4 Å². The van der Waals surface area contributed by atoms with E-state index in [-0.39, 0.29) is 0 Å². The molecule has 0 atom stereocenters. The summed E-state index contributed by atoms with van der Waals surface area (Å²) in [5.41, 5.74) is 9.49. The van der Waals surface area contributed by atoms with E-state index in [1.165, 1.54) is 97.7 Å². The number of benzene rings is 10. The van der Waals surface area contributed by atoms with Crippen LogP contribution < -0.4 is 0 Å². The Morgan fingerprint density at radius 2 is 0.885 bits per heavy atom. The van der Waals surface area contributed by atoms with E-state index in [4.69, 9.17) is 4.98 Å². The summed E-state index contributed by atoms with van der Waals surface area (Å²) in [4.78, 5) is 9.52. The van der Waals surface area contributed by atoms with Crippen LogP contribution >= 0.6 is 0 Å². The maximum Gasteiger partial charge on any atom is 0.0971 e. The van der Waals surface area contributed by atoms with Gasteiger partial charge in [0.25, 0.3) is 0 Å². The van der Waals surface area contributed by atoms with Crippen LogP contribution in [0, 0.1) is 0 Å². The second kappa shape index (κ2) is 13.8. The molecule has 12 aromatic rings. The van der Waals surface area contributed by atoms with Gasteiger partial charge < -0.3 is 0 Å². The Bertz CT molecular complexity index is 3780. The molecule has 61 heavy (non-hydrogen) atoms. The lowest BCUT2D eigenvalue weighted by atomic mass is 9.84. The lowest BCUT2D eigenvalue weighted by molar-refractivity contribution is 1.38. The highest BCUT2D eigenvalue weighted by molar-refractivity contribution is 6.33. The van der Waals surface area contributed by atoms with E-state index in [0.29, 0.717) is 0 Å². The Morgan fingerprint density at radius 1 is 0.410 bits per heavy atom. The van der Waals surface area contributed by atoms with Gasteiger partial charge in [0.15, 0.2) is 0 Å². The third-order valence-corrected chi connectivity index (χ3v) is 12.8. The first-order chi connectivity index (χ1) is 30.2. The highest BCUT2D eigenvalue weighted by Gasteiger charge is 2.19. The molecule has 0 N–H and O–H groups in total. The SMILES string of the molecule is C=Nc1c(/C=C\C)ccc2ccc(-c3ccc(-c4c5ccccc5c(-c5ccc6c(c5)c5ccccc5c5cccc7ccc8cccc6c8c75)c5ccccc45)cc3)nc12. The maximum absolute atomic E-state index is 5.13. The Kier molecular flexibility index (Phi) is 7.95. The highest BCUT2D eigenvalue weighted by atomic mass is 14.8. The van der Waals surface area contributed by atoms with Gasteiger partial charge in [0.05, 0.1) is 16.9 Å². The van der Waals surface area contributed by atoms with E-state index in [9.17, 15) is 0 Å². The molecule has 1 heterocycles. The summed E-state index contributed by atoms with van der Waals surface area (Å²) in [6.45, 7) is 5.89. The predicted molar refractivity (Wildman–Crippen MR) is 265 cm³/mol. The van der Waals surface area contributed by atoms with Gasteiger partial charge in [-0.25, -0.2) is 4.98 Å². The summed E-state index contributed by atoms with van der Waals surface area (Å²) in [6.07, 6.45) is 4.08. The van der Waals surface area contributed by atoms with Crippen LogP contribution in [0.2, 0.25) is 0 Å². The third-order valence-electron chi connectivity index (χ3n) is 12.8. The molecule has 2 heteroatoms. The summed E-state index contributed by atoms with van der Waals surface area (Å²) in [5, 5.41) is 18.7. The molecule has 284 valence electrons. The van der Waals surface area contributed by atoms with Gasteiger partial charge in [0.2, 0.25) is 0 Å². The molecule has 0 aliphatic rings. The quantitative estimate of drug-likeness (QED) is 0.0971. The third kappa shape index (κ3) is 5.36. The van der Waals surface area contributed by atoms with Crippen molar-refractivity contribution in [3.05, 3.63) is 200 Å². The molecule has 0 fully saturated rings. The van der Waals surface area contributed by atoms with E-state index in [1.54, 1.807) is 0 Å². The number of aliphatic imine (C=N–C) groups is 1. The van der Waals surface area contributed by atoms with Crippen molar-refractivity contribution in [1.82, 2.24) is 4.98 Å². The molecule has 1 aromatic heterocycles. The highest BCUT2D eigenvalue weighted by Crippen LogP contribution is 2.46. The lowest BCUT2D eigenvalue weighted by Gasteiger charge is -2.19. The number of allylic oxidation sites excluding steroid dienone is 1. The summed E-state index contributed by atoms with van der Waals surface area (Å²) < 4.78 is 0. The summed E-state index contributed by atoms with van der Waals surface area (Å²) in [5.74, 6) is 0. The number of hydrogen-bond acceptors (Lipinski definition) is 2. The molecule has 2 nitrogen and oxygen atoms in total. The van der Waals surface area contributed by atoms with Crippen LogP contribution in [0.25, 0.3) is 126 Å². The number of pyridine rings is 1. The standard InChI is InChI=1S/C59H38N2/c1-3-12-40-29-30-41-32-34-53(61-59(41)58(40)60-2)36-23-25-39(26-24-36)54-48-17-6-8-19-50(48)55(51-20-9-7-18-49(51)54)42-31-33-45-47-22-11-14-38-28-27-37-13-10-21-46(56(37)57(38)47)43-15-4-5-16-44(43)52(45)35-42/h3-35H,2H2,1H3/b12-3-,46-43?,47-45?,52-44?. The zero-order valence-electron chi connectivity index (χ0n) is 33.7. The van der Waals surface area contributed by atoms with E-state index in [2.05, 4.69) is 206 Å². The zero-order chi connectivity index (χ0) is 40.6. The molecular formula is C59H38N2. The Hall–Kier alpha value is -7.94. The fourth-order valence-corrected chi connectivity index (χ4v) is 10.1. The monoisotopic (exact) mass is 774 g/mol. The van der Waals surface area contributed by atoms with Gasteiger partial charge in [-0.2, -0.15) is 0 Å². The fraction of sp³-hybridized carbons (Fsp3) is 0.0169. The van der Waals surface area contributed by atoms with E-state index >= 15 is 0 Å². The van der Waals surface area contributed by atoms with Crippen LogP contribution in [-0.4, -0.2) is 11.7 Å². The largest absolute Gasteiger partial charge is 0.262 e. The molecule has 12 rings (SSSR count).